The summed E-state index contributed by atoms with van der Waals surface area (Å²) in [5.74, 6) is 0.846. The highest BCUT2D eigenvalue weighted by atomic mass is 35.5. The lowest BCUT2D eigenvalue weighted by Gasteiger charge is -2.13. The molecule has 0 bridgehead atoms. The zero-order chi connectivity index (χ0) is 18.4. The molecule has 0 aromatic heterocycles. The first-order chi connectivity index (χ1) is 11.9. The maximum Gasteiger partial charge on any atom is 0.264 e. The van der Waals surface area contributed by atoms with Gasteiger partial charge in [-0.3, -0.25) is 10.1 Å². The Morgan fingerprint density at radius 2 is 1.84 bits per heavy atom. The van der Waals surface area contributed by atoms with E-state index < -0.39 is 0 Å². The molecule has 0 radical (unpaired) electrons. The van der Waals surface area contributed by atoms with Gasteiger partial charge in [-0.2, -0.15) is 0 Å². The number of carbonyl (C=O) groups excluding carboxylic acids is 1. The van der Waals surface area contributed by atoms with Crippen LogP contribution in [0.25, 0.3) is 0 Å². The molecule has 5 nitrogen and oxygen atoms in total. The van der Waals surface area contributed by atoms with E-state index in [9.17, 15) is 4.79 Å². The Hall–Kier alpha value is -2.31. The first-order valence-corrected chi connectivity index (χ1v) is 8.32. The summed E-state index contributed by atoms with van der Waals surface area (Å²) in [7, 11) is 1.56. The molecule has 25 heavy (non-hydrogen) atoms. The number of aryl methyl sites for hydroxylation is 2. The van der Waals surface area contributed by atoms with Crippen LogP contribution in [0.5, 0.6) is 11.5 Å². The molecule has 0 unspecified atom stereocenters. The number of rotatable bonds is 5. The predicted octanol–water partition coefficient (Wildman–Crippen LogP) is 3.86. The average molecular weight is 379 g/mol. The van der Waals surface area contributed by atoms with Crippen molar-refractivity contribution in [1.82, 2.24) is 5.32 Å². The van der Waals surface area contributed by atoms with Crippen LogP contribution in [0.1, 0.15) is 11.1 Å². The van der Waals surface area contributed by atoms with Crippen LogP contribution in [0.3, 0.4) is 0 Å². The van der Waals surface area contributed by atoms with Gasteiger partial charge in [0.2, 0.25) is 0 Å². The van der Waals surface area contributed by atoms with E-state index in [0.29, 0.717) is 22.2 Å². The van der Waals surface area contributed by atoms with E-state index in [-0.39, 0.29) is 17.6 Å². The van der Waals surface area contributed by atoms with Gasteiger partial charge in [0.15, 0.2) is 11.7 Å². The number of anilines is 1. The minimum atomic E-state index is -0.363. The highest BCUT2D eigenvalue weighted by Gasteiger charge is 2.09. The van der Waals surface area contributed by atoms with E-state index in [4.69, 9.17) is 33.3 Å². The van der Waals surface area contributed by atoms with Gasteiger partial charge in [0.05, 0.1) is 12.8 Å². The van der Waals surface area contributed by atoms with Crippen molar-refractivity contribution in [2.24, 2.45) is 0 Å². The number of methoxy groups -OCH3 is 1. The van der Waals surface area contributed by atoms with E-state index in [0.717, 1.165) is 11.1 Å². The Bertz CT molecular complexity index is 773. The number of halogens is 1. The Morgan fingerprint density at radius 3 is 2.48 bits per heavy atom. The number of hydrogen-bond donors (Lipinski definition) is 2. The molecule has 0 fully saturated rings. The van der Waals surface area contributed by atoms with Crippen LogP contribution >= 0.6 is 23.8 Å². The van der Waals surface area contributed by atoms with E-state index in [1.807, 2.05) is 26.0 Å². The summed E-state index contributed by atoms with van der Waals surface area (Å²) in [6.45, 7) is 3.61. The Balaban J connectivity index is 1.89. The molecule has 0 atom stereocenters. The smallest absolute Gasteiger partial charge is 0.264 e. The summed E-state index contributed by atoms with van der Waals surface area (Å²) in [6.07, 6.45) is 0. The summed E-state index contributed by atoms with van der Waals surface area (Å²) in [5.41, 5.74) is 2.45. The van der Waals surface area contributed by atoms with Gasteiger partial charge in [-0.1, -0.05) is 23.7 Å². The molecule has 0 aliphatic heterocycles. The molecular weight excluding hydrogens is 360 g/mol. The highest BCUT2D eigenvalue weighted by Crippen LogP contribution is 2.26. The predicted molar refractivity (Wildman–Crippen MR) is 104 cm³/mol. The second-order valence-corrected chi connectivity index (χ2v) is 6.15. The van der Waals surface area contributed by atoms with Crippen LogP contribution in [0.2, 0.25) is 5.02 Å². The monoisotopic (exact) mass is 378 g/mol. The minimum Gasteiger partial charge on any atom is -0.495 e. The van der Waals surface area contributed by atoms with Gasteiger partial charge in [0, 0.05) is 5.02 Å². The fourth-order valence-corrected chi connectivity index (χ4v) is 2.54. The lowest BCUT2D eigenvalue weighted by atomic mass is 10.1. The standard InChI is InChI=1S/C18H19ClN2O3S/c1-11-8-13(9-12(2)17(11)19)24-10-16(22)21-18(25)20-14-6-4-5-7-15(14)23-3/h4-9H,10H2,1-3H3,(H2,20,21,22,25). The number of carbonyl (C=O) groups is 1. The number of para-hydroxylation sites is 2. The van der Waals surface area contributed by atoms with Crippen molar-refractivity contribution >= 4 is 40.5 Å². The molecule has 0 heterocycles. The van der Waals surface area contributed by atoms with Gasteiger partial charge in [0.1, 0.15) is 11.5 Å². The van der Waals surface area contributed by atoms with Gasteiger partial charge in [-0.25, -0.2) is 0 Å². The van der Waals surface area contributed by atoms with Crippen molar-refractivity contribution < 1.29 is 14.3 Å². The number of benzene rings is 2. The maximum absolute atomic E-state index is 12.0. The molecule has 2 N–H and O–H groups in total. The Kier molecular flexibility index (Phi) is 6.61. The highest BCUT2D eigenvalue weighted by molar-refractivity contribution is 7.80. The fourth-order valence-electron chi connectivity index (χ4n) is 2.20. The quantitative estimate of drug-likeness (QED) is 0.774. The van der Waals surface area contributed by atoms with Crippen molar-refractivity contribution in [1.29, 1.82) is 0 Å². The Morgan fingerprint density at radius 1 is 1.20 bits per heavy atom. The van der Waals surface area contributed by atoms with E-state index in [1.165, 1.54) is 0 Å². The number of amides is 1. The van der Waals surface area contributed by atoms with Gasteiger partial charge >= 0.3 is 0 Å². The van der Waals surface area contributed by atoms with Crippen molar-refractivity contribution in [3.8, 4) is 11.5 Å². The number of hydrogen-bond acceptors (Lipinski definition) is 4. The first-order valence-electron chi connectivity index (χ1n) is 7.54. The van der Waals surface area contributed by atoms with Crippen molar-refractivity contribution in [3.05, 3.63) is 52.5 Å². The molecule has 2 rings (SSSR count). The zero-order valence-corrected chi connectivity index (χ0v) is 15.8. The molecule has 2 aromatic carbocycles. The normalized spacial score (nSPS) is 10.1. The van der Waals surface area contributed by atoms with Crippen LogP contribution < -0.4 is 20.1 Å². The maximum atomic E-state index is 12.0. The van der Waals surface area contributed by atoms with Crippen LogP contribution in [-0.4, -0.2) is 24.7 Å². The lowest BCUT2D eigenvalue weighted by molar-refractivity contribution is -0.121. The van der Waals surface area contributed by atoms with Crippen LogP contribution in [0.4, 0.5) is 5.69 Å². The molecule has 2 aromatic rings. The SMILES string of the molecule is COc1ccccc1NC(=S)NC(=O)COc1cc(C)c(Cl)c(C)c1. The summed E-state index contributed by atoms with van der Waals surface area (Å²) < 4.78 is 10.7. The van der Waals surface area contributed by atoms with Gasteiger partial charge in [-0.15, -0.1) is 0 Å². The fraction of sp³-hybridized carbons (Fsp3) is 0.222. The van der Waals surface area contributed by atoms with Crippen LogP contribution in [0.15, 0.2) is 36.4 Å². The molecule has 132 valence electrons. The van der Waals surface area contributed by atoms with Crippen molar-refractivity contribution in [3.63, 3.8) is 0 Å². The van der Waals surface area contributed by atoms with E-state index in [2.05, 4.69) is 10.6 Å². The zero-order valence-electron chi connectivity index (χ0n) is 14.2. The molecule has 0 spiro atoms. The third-order valence-corrected chi connectivity index (χ3v) is 4.19. The third-order valence-electron chi connectivity index (χ3n) is 3.39. The summed E-state index contributed by atoms with van der Waals surface area (Å²) >= 11 is 11.3. The second kappa shape index (κ2) is 8.69. The summed E-state index contributed by atoms with van der Waals surface area (Å²) in [4.78, 5) is 12.0. The van der Waals surface area contributed by atoms with Crippen molar-refractivity contribution in [2.45, 2.75) is 13.8 Å². The van der Waals surface area contributed by atoms with Gasteiger partial charge in [-0.05, 0) is 61.5 Å². The van der Waals surface area contributed by atoms with Crippen LogP contribution in [0, 0.1) is 13.8 Å². The van der Waals surface area contributed by atoms with Gasteiger partial charge < -0.3 is 14.8 Å². The molecule has 1 amide bonds. The Labute approximate surface area is 157 Å². The number of thiocarbonyl (C=S) groups is 1. The average Bonchev–Trinajstić information content (AvgIpc) is 2.58. The molecule has 0 aliphatic carbocycles. The molecule has 0 saturated carbocycles. The molecule has 0 saturated heterocycles. The molecule has 0 aliphatic rings. The third kappa shape index (κ3) is 5.34. The van der Waals surface area contributed by atoms with E-state index >= 15 is 0 Å². The minimum absolute atomic E-state index is 0.158. The van der Waals surface area contributed by atoms with E-state index in [1.54, 1.807) is 31.4 Å². The largest absolute Gasteiger partial charge is 0.495 e. The molecular formula is C18H19ClN2O3S. The first kappa shape index (κ1) is 19.0. The van der Waals surface area contributed by atoms with Gasteiger partial charge in [0.25, 0.3) is 5.91 Å². The topological polar surface area (TPSA) is 59.6 Å². The number of nitrogens with one attached hydrogen (secondary N) is 2. The molecule has 7 heteroatoms. The summed E-state index contributed by atoms with van der Waals surface area (Å²) in [5, 5.41) is 6.34. The second-order valence-electron chi connectivity index (χ2n) is 5.36. The van der Waals surface area contributed by atoms with Crippen molar-refractivity contribution in [2.75, 3.05) is 19.0 Å². The summed E-state index contributed by atoms with van der Waals surface area (Å²) in [6, 6.07) is 10.8. The van der Waals surface area contributed by atoms with Crippen LogP contribution in [-0.2, 0) is 4.79 Å². The lowest BCUT2D eigenvalue weighted by Crippen LogP contribution is -2.37. The number of ether oxygens (including phenoxy) is 2.